The van der Waals surface area contributed by atoms with E-state index >= 15 is 0 Å². The van der Waals surface area contributed by atoms with Crippen molar-refractivity contribution in [3.05, 3.63) is 34.6 Å². The SMILES string of the molecule is O=c1c2ccccc2nnn1CC(O)C1CCCC1. The van der Waals surface area contributed by atoms with Crippen LogP contribution in [0.15, 0.2) is 29.1 Å². The van der Waals surface area contributed by atoms with Crippen LogP contribution in [-0.4, -0.2) is 26.2 Å². The van der Waals surface area contributed by atoms with Gasteiger partial charge < -0.3 is 5.11 Å². The van der Waals surface area contributed by atoms with Gasteiger partial charge >= 0.3 is 0 Å². The number of aliphatic hydroxyl groups is 1. The molecular weight excluding hydrogens is 242 g/mol. The molecule has 1 unspecified atom stereocenters. The van der Waals surface area contributed by atoms with Crippen molar-refractivity contribution in [2.75, 3.05) is 0 Å². The Morgan fingerprint density at radius 3 is 2.84 bits per heavy atom. The first-order valence-corrected chi connectivity index (χ1v) is 6.76. The zero-order chi connectivity index (χ0) is 13.2. The Bertz CT molecular complexity index is 632. The summed E-state index contributed by atoms with van der Waals surface area (Å²) < 4.78 is 1.28. The van der Waals surface area contributed by atoms with Crippen LogP contribution in [0.5, 0.6) is 0 Å². The Morgan fingerprint density at radius 1 is 1.32 bits per heavy atom. The summed E-state index contributed by atoms with van der Waals surface area (Å²) in [6, 6.07) is 7.14. The maximum atomic E-state index is 12.2. The van der Waals surface area contributed by atoms with E-state index in [2.05, 4.69) is 10.3 Å². The molecule has 1 aliphatic carbocycles. The summed E-state index contributed by atoms with van der Waals surface area (Å²) in [4.78, 5) is 12.2. The van der Waals surface area contributed by atoms with Gasteiger partial charge in [-0.2, -0.15) is 0 Å². The molecule has 0 spiro atoms. The fourth-order valence-electron chi connectivity index (χ4n) is 2.81. The molecule has 2 aromatic rings. The highest BCUT2D eigenvalue weighted by Crippen LogP contribution is 2.28. The van der Waals surface area contributed by atoms with Crippen LogP contribution >= 0.6 is 0 Å². The molecule has 0 aliphatic heterocycles. The minimum Gasteiger partial charge on any atom is -0.391 e. The van der Waals surface area contributed by atoms with Crippen molar-refractivity contribution >= 4 is 10.9 Å². The highest BCUT2D eigenvalue weighted by Gasteiger charge is 2.24. The molecule has 5 nitrogen and oxygen atoms in total. The maximum Gasteiger partial charge on any atom is 0.277 e. The average molecular weight is 259 g/mol. The third-order valence-electron chi connectivity index (χ3n) is 3.93. The zero-order valence-electron chi connectivity index (χ0n) is 10.7. The second-order valence-corrected chi connectivity index (χ2v) is 5.21. The van der Waals surface area contributed by atoms with Gasteiger partial charge in [0.25, 0.3) is 5.56 Å². The summed E-state index contributed by atoms with van der Waals surface area (Å²) in [5.41, 5.74) is 0.418. The van der Waals surface area contributed by atoms with Crippen LogP contribution in [0.1, 0.15) is 25.7 Å². The monoisotopic (exact) mass is 259 g/mol. The van der Waals surface area contributed by atoms with E-state index in [1.807, 2.05) is 12.1 Å². The largest absolute Gasteiger partial charge is 0.391 e. The topological polar surface area (TPSA) is 68.0 Å². The van der Waals surface area contributed by atoms with Crippen molar-refractivity contribution in [3.63, 3.8) is 0 Å². The lowest BCUT2D eigenvalue weighted by Gasteiger charge is -2.17. The molecule has 1 atom stereocenters. The molecule has 19 heavy (non-hydrogen) atoms. The number of nitrogens with zero attached hydrogens (tertiary/aromatic N) is 3. The number of aliphatic hydroxyl groups excluding tert-OH is 1. The van der Waals surface area contributed by atoms with Crippen molar-refractivity contribution in [2.45, 2.75) is 38.3 Å². The lowest BCUT2D eigenvalue weighted by Crippen LogP contribution is -2.32. The summed E-state index contributed by atoms with van der Waals surface area (Å²) in [6.45, 7) is 0.237. The summed E-state index contributed by atoms with van der Waals surface area (Å²) in [5.74, 6) is 0.292. The number of rotatable bonds is 3. The fourth-order valence-corrected chi connectivity index (χ4v) is 2.81. The quantitative estimate of drug-likeness (QED) is 0.903. The van der Waals surface area contributed by atoms with E-state index in [1.54, 1.807) is 12.1 Å². The molecule has 1 aliphatic rings. The molecule has 1 fully saturated rings. The van der Waals surface area contributed by atoms with E-state index in [9.17, 15) is 9.90 Å². The van der Waals surface area contributed by atoms with Crippen LogP contribution in [0.4, 0.5) is 0 Å². The van der Waals surface area contributed by atoms with Gasteiger partial charge in [0.05, 0.1) is 18.0 Å². The number of hydrogen-bond donors (Lipinski definition) is 1. The molecule has 1 N–H and O–H groups in total. The standard InChI is InChI=1S/C14H17N3O2/c18-13(10-5-1-2-6-10)9-17-14(19)11-7-3-4-8-12(11)15-16-17/h3-4,7-8,10,13,18H,1-2,5-6,9H2. The fraction of sp³-hybridized carbons (Fsp3) is 0.500. The first kappa shape index (κ1) is 12.3. The first-order valence-electron chi connectivity index (χ1n) is 6.76. The average Bonchev–Trinajstić information content (AvgIpc) is 2.96. The molecule has 0 amide bonds. The summed E-state index contributed by atoms with van der Waals surface area (Å²) >= 11 is 0. The van der Waals surface area contributed by atoms with Gasteiger partial charge in [0.2, 0.25) is 0 Å². The van der Waals surface area contributed by atoms with Gasteiger partial charge in [0.1, 0.15) is 5.52 Å². The van der Waals surface area contributed by atoms with Crippen LogP contribution in [-0.2, 0) is 6.54 Å². The van der Waals surface area contributed by atoms with Gasteiger partial charge in [-0.1, -0.05) is 30.2 Å². The van der Waals surface area contributed by atoms with Crippen LogP contribution in [0.2, 0.25) is 0 Å². The van der Waals surface area contributed by atoms with Crippen molar-refractivity contribution in [1.29, 1.82) is 0 Å². The first-order chi connectivity index (χ1) is 9.25. The Hall–Kier alpha value is -1.75. The van der Waals surface area contributed by atoms with Gasteiger partial charge in [-0.15, -0.1) is 5.10 Å². The highest BCUT2D eigenvalue weighted by molar-refractivity contribution is 5.76. The Balaban J connectivity index is 1.88. The van der Waals surface area contributed by atoms with Gasteiger partial charge in [-0.05, 0) is 30.9 Å². The third-order valence-corrected chi connectivity index (χ3v) is 3.93. The lowest BCUT2D eigenvalue weighted by molar-refractivity contribution is 0.0870. The minimum atomic E-state index is -0.504. The van der Waals surface area contributed by atoms with E-state index in [0.717, 1.165) is 12.8 Å². The zero-order valence-corrected chi connectivity index (χ0v) is 10.7. The number of aromatic nitrogens is 3. The van der Waals surface area contributed by atoms with Crippen molar-refractivity contribution in [2.24, 2.45) is 5.92 Å². The summed E-state index contributed by atoms with van der Waals surface area (Å²) in [6.07, 6.45) is 3.91. The predicted molar refractivity (Wildman–Crippen MR) is 71.8 cm³/mol. The Kier molecular flexibility index (Phi) is 3.29. The molecule has 1 aromatic heterocycles. The van der Waals surface area contributed by atoms with E-state index in [0.29, 0.717) is 16.8 Å². The number of hydrogen-bond acceptors (Lipinski definition) is 4. The lowest BCUT2D eigenvalue weighted by atomic mass is 10.0. The molecule has 0 bridgehead atoms. The molecular formula is C14H17N3O2. The predicted octanol–water partition coefficient (Wildman–Crippen LogP) is 1.34. The van der Waals surface area contributed by atoms with Gasteiger partial charge in [-0.3, -0.25) is 4.79 Å². The molecule has 100 valence electrons. The maximum absolute atomic E-state index is 12.2. The highest BCUT2D eigenvalue weighted by atomic mass is 16.3. The second-order valence-electron chi connectivity index (χ2n) is 5.21. The van der Waals surface area contributed by atoms with Crippen LogP contribution < -0.4 is 5.56 Å². The van der Waals surface area contributed by atoms with Gasteiger partial charge in [-0.25, -0.2) is 4.68 Å². The van der Waals surface area contributed by atoms with E-state index in [-0.39, 0.29) is 12.1 Å². The minimum absolute atomic E-state index is 0.178. The normalized spacial score (nSPS) is 17.9. The summed E-state index contributed by atoms with van der Waals surface area (Å²) in [5, 5.41) is 18.7. The molecule has 1 saturated carbocycles. The number of benzene rings is 1. The number of fused-ring (bicyclic) bond motifs is 1. The van der Waals surface area contributed by atoms with Crippen LogP contribution in [0.25, 0.3) is 10.9 Å². The Morgan fingerprint density at radius 2 is 2.05 bits per heavy atom. The third kappa shape index (κ3) is 2.38. The van der Waals surface area contributed by atoms with Crippen LogP contribution in [0, 0.1) is 5.92 Å². The molecule has 1 aromatic carbocycles. The van der Waals surface area contributed by atoms with Gasteiger partial charge in [0.15, 0.2) is 0 Å². The van der Waals surface area contributed by atoms with E-state index < -0.39 is 6.10 Å². The van der Waals surface area contributed by atoms with Crippen LogP contribution in [0.3, 0.4) is 0 Å². The van der Waals surface area contributed by atoms with E-state index in [1.165, 1.54) is 17.5 Å². The second kappa shape index (κ2) is 5.09. The van der Waals surface area contributed by atoms with Gasteiger partial charge in [0, 0.05) is 0 Å². The Labute approximate surface area is 110 Å². The van der Waals surface area contributed by atoms with Crippen molar-refractivity contribution in [3.8, 4) is 0 Å². The smallest absolute Gasteiger partial charge is 0.277 e. The van der Waals surface area contributed by atoms with Crippen molar-refractivity contribution in [1.82, 2.24) is 15.0 Å². The molecule has 5 heteroatoms. The summed E-state index contributed by atoms with van der Waals surface area (Å²) in [7, 11) is 0. The van der Waals surface area contributed by atoms with Crippen molar-refractivity contribution < 1.29 is 5.11 Å². The molecule has 3 rings (SSSR count). The molecule has 1 heterocycles. The molecule has 0 radical (unpaired) electrons. The molecule has 0 saturated heterocycles. The van der Waals surface area contributed by atoms with E-state index in [4.69, 9.17) is 0 Å².